The van der Waals surface area contributed by atoms with Crippen molar-refractivity contribution in [2.45, 2.75) is 35.3 Å². The minimum absolute atomic E-state index is 0.0932. The van der Waals surface area contributed by atoms with Crippen molar-refractivity contribution in [2.24, 2.45) is 5.16 Å². The average molecular weight is 529 g/mol. The van der Waals surface area contributed by atoms with Gasteiger partial charge in [-0.25, -0.2) is 0 Å². The Morgan fingerprint density at radius 2 is 1.68 bits per heavy atom. The number of rotatable bonds is 8. The maximum atomic E-state index is 13.5. The van der Waals surface area contributed by atoms with Crippen LogP contribution in [0.25, 0.3) is 0 Å². The summed E-state index contributed by atoms with van der Waals surface area (Å²) in [5.74, 6) is 1.59. The van der Waals surface area contributed by atoms with Crippen molar-refractivity contribution in [1.82, 2.24) is 5.32 Å². The lowest BCUT2D eigenvalue weighted by Crippen LogP contribution is -2.25. The standard InChI is InChI=1S/C30H28N2O3S2/c1-35-24-14-12-22(13-15-24)23-16-25-27(26(17-23)32-34)30(36-19-21-10-6-3-7-11-21)37-28(25)29(33)31-18-20-8-4-2-5-9-20/h2-15,23,34H,16-19H2,1H3,(H,31,33)/t23-/m0/s1. The van der Waals surface area contributed by atoms with Gasteiger partial charge in [-0.3, -0.25) is 4.79 Å². The lowest BCUT2D eigenvalue weighted by molar-refractivity contribution is 0.0954. The van der Waals surface area contributed by atoms with Gasteiger partial charge >= 0.3 is 0 Å². The summed E-state index contributed by atoms with van der Waals surface area (Å²) in [5.41, 5.74) is 5.91. The van der Waals surface area contributed by atoms with Gasteiger partial charge in [0.15, 0.2) is 0 Å². The number of carbonyl (C=O) groups is 1. The van der Waals surface area contributed by atoms with E-state index in [0.717, 1.165) is 38.0 Å². The molecule has 1 aromatic heterocycles. The molecule has 188 valence electrons. The number of thioether (sulfide) groups is 1. The molecule has 1 aliphatic rings. The van der Waals surface area contributed by atoms with E-state index in [-0.39, 0.29) is 11.8 Å². The molecular weight excluding hydrogens is 500 g/mol. The summed E-state index contributed by atoms with van der Waals surface area (Å²) in [7, 11) is 1.65. The van der Waals surface area contributed by atoms with Crippen molar-refractivity contribution in [3.8, 4) is 5.75 Å². The molecule has 5 rings (SSSR count). The van der Waals surface area contributed by atoms with Crippen molar-refractivity contribution in [3.05, 3.63) is 118 Å². The van der Waals surface area contributed by atoms with Crippen LogP contribution in [0.1, 0.15) is 49.8 Å². The molecule has 3 aromatic carbocycles. The summed E-state index contributed by atoms with van der Waals surface area (Å²) in [6, 6.07) is 28.2. The Morgan fingerprint density at radius 3 is 2.32 bits per heavy atom. The third-order valence-electron chi connectivity index (χ3n) is 6.58. The van der Waals surface area contributed by atoms with E-state index in [1.54, 1.807) is 18.9 Å². The fourth-order valence-electron chi connectivity index (χ4n) is 4.65. The molecule has 0 fully saturated rings. The largest absolute Gasteiger partial charge is 0.497 e. The number of nitrogens with zero attached hydrogens (tertiary/aromatic N) is 1. The van der Waals surface area contributed by atoms with Gasteiger partial charge in [0.05, 0.1) is 21.9 Å². The summed E-state index contributed by atoms with van der Waals surface area (Å²) in [5, 5.41) is 16.9. The first-order valence-corrected chi connectivity index (χ1v) is 14.0. The highest BCUT2D eigenvalue weighted by molar-refractivity contribution is 8.00. The van der Waals surface area contributed by atoms with Crippen LogP contribution in [0.4, 0.5) is 0 Å². The molecule has 5 nitrogen and oxygen atoms in total. The number of benzene rings is 3. The molecule has 0 saturated carbocycles. The quantitative estimate of drug-likeness (QED) is 0.148. The molecule has 37 heavy (non-hydrogen) atoms. The summed E-state index contributed by atoms with van der Waals surface area (Å²) >= 11 is 3.19. The van der Waals surface area contributed by atoms with Crippen molar-refractivity contribution in [3.63, 3.8) is 0 Å². The van der Waals surface area contributed by atoms with Crippen LogP contribution in [0, 0.1) is 0 Å². The Morgan fingerprint density at radius 1 is 1.00 bits per heavy atom. The maximum absolute atomic E-state index is 13.5. The van der Waals surface area contributed by atoms with Crippen LogP contribution in [-0.2, 0) is 18.7 Å². The molecule has 0 aliphatic heterocycles. The molecule has 0 saturated heterocycles. The van der Waals surface area contributed by atoms with Crippen molar-refractivity contribution < 1.29 is 14.7 Å². The molecule has 0 spiro atoms. The second-order valence-electron chi connectivity index (χ2n) is 8.94. The number of ether oxygens (including phenoxy) is 1. The minimum Gasteiger partial charge on any atom is -0.497 e. The molecule has 1 atom stereocenters. The Hall–Kier alpha value is -3.55. The summed E-state index contributed by atoms with van der Waals surface area (Å²) < 4.78 is 6.34. The number of carbonyl (C=O) groups excluding carboxylic acids is 1. The number of hydrogen-bond acceptors (Lipinski definition) is 6. The molecule has 0 bridgehead atoms. The van der Waals surface area contributed by atoms with Gasteiger partial charge < -0.3 is 15.3 Å². The van der Waals surface area contributed by atoms with E-state index in [9.17, 15) is 10.0 Å². The molecule has 2 N–H and O–H groups in total. The van der Waals surface area contributed by atoms with Crippen LogP contribution >= 0.6 is 23.1 Å². The Bertz CT molecular complexity index is 1380. The van der Waals surface area contributed by atoms with Crippen LogP contribution in [0.5, 0.6) is 5.75 Å². The van der Waals surface area contributed by atoms with Crippen LogP contribution < -0.4 is 10.1 Å². The number of nitrogens with one attached hydrogen (secondary N) is 1. The molecule has 4 aromatic rings. The van der Waals surface area contributed by atoms with Gasteiger partial charge in [-0.1, -0.05) is 78.0 Å². The maximum Gasteiger partial charge on any atom is 0.261 e. The number of oxime groups is 1. The molecule has 1 amide bonds. The summed E-state index contributed by atoms with van der Waals surface area (Å²) in [6.45, 7) is 0.460. The van der Waals surface area contributed by atoms with Crippen molar-refractivity contribution in [1.29, 1.82) is 0 Å². The minimum atomic E-state index is -0.0932. The molecule has 1 aliphatic carbocycles. The van der Waals surface area contributed by atoms with E-state index < -0.39 is 0 Å². The van der Waals surface area contributed by atoms with E-state index in [0.29, 0.717) is 30.0 Å². The van der Waals surface area contributed by atoms with Gasteiger partial charge in [0, 0.05) is 24.3 Å². The number of thiophene rings is 1. The van der Waals surface area contributed by atoms with Crippen LogP contribution in [0.2, 0.25) is 0 Å². The fourth-order valence-corrected chi connectivity index (χ4v) is 7.19. The number of hydrogen-bond donors (Lipinski definition) is 2. The molecular formula is C30H28N2O3S2. The fraction of sp³-hybridized carbons (Fsp3) is 0.200. The third kappa shape index (κ3) is 5.73. The highest BCUT2D eigenvalue weighted by Gasteiger charge is 2.34. The predicted octanol–water partition coefficient (Wildman–Crippen LogP) is 6.89. The zero-order chi connectivity index (χ0) is 25.6. The first kappa shape index (κ1) is 25.1. The second kappa shape index (κ2) is 11.7. The normalized spacial score (nSPS) is 15.8. The van der Waals surface area contributed by atoms with E-state index in [1.165, 1.54) is 16.9 Å². The number of methoxy groups -OCH3 is 1. The number of amides is 1. The zero-order valence-electron chi connectivity index (χ0n) is 20.5. The lowest BCUT2D eigenvalue weighted by atomic mass is 9.80. The second-order valence-corrected chi connectivity index (χ2v) is 11.2. The molecule has 0 radical (unpaired) electrons. The van der Waals surface area contributed by atoms with Gasteiger partial charge in [0.25, 0.3) is 5.91 Å². The van der Waals surface area contributed by atoms with Gasteiger partial charge in [-0.15, -0.1) is 23.1 Å². The van der Waals surface area contributed by atoms with E-state index in [1.807, 2.05) is 60.7 Å². The topological polar surface area (TPSA) is 70.9 Å². The first-order chi connectivity index (χ1) is 18.2. The monoisotopic (exact) mass is 528 g/mol. The lowest BCUT2D eigenvalue weighted by Gasteiger charge is -2.25. The van der Waals surface area contributed by atoms with Crippen LogP contribution in [0.3, 0.4) is 0 Å². The van der Waals surface area contributed by atoms with E-state index in [4.69, 9.17) is 4.74 Å². The third-order valence-corrected chi connectivity index (χ3v) is 9.15. The highest BCUT2D eigenvalue weighted by Crippen LogP contribution is 2.45. The van der Waals surface area contributed by atoms with Gasteiger partial charge in [0.1, 0.15) is 5.75 Å². The van der Waals surface area contributed by atoms with Crippen molar-refractivity contribution >= 4 is 34.7 Å². The summed E-state index contributed by atoms with van der Waals surface area (Å²) in [4.78, 5) is 14.2. The number of fused-ring (bicyclic) bond motifs is 1. The molecule has 1 heterocycles. The summed E-state index contributed by atoms with van der Waals surface area (Å²) in [6.07, 6.45) is 1.31. The van der Waals surface area contributed by atoms with Gasteiger partial charge in [-0.05, 0) is 46.7 Å². The molecule has 0 unspecified atom stereocenters. The Kier molecular flexibility index (Phi) is 7.92. The zero-order valence-corrected chi connectivity index (χ0v) is 22.1. The SMILES string of the molecule is COc1ccc([C@@H]2CC(=NO)c3c(SCc4ccccc4)sc(C(=O)NCc4ccccc4)c3C2)cc1. The van der Waals surface area contributed by atoms with Gasteiger partial charge in [-0.2, -0.15) is 0 Å². The van der Waals surface area contributed by atoms with Crippen LogP contribution in [0.15, 0.2) is 94.3 Å². The van der Waals surface area contributed by atoms with E-state index in [2.05, 4.69) is 34.7 Å². The smallest absolute Gasteiger partial charge is 0.261 e. The average Bonchev–Trinajstić information content (AvgIpc) is 3.34. The highest BCUT2D eigenvalue weighted by atomic mass is 32.2. The van der Waals surface area contributed by atoms with E-state index >= 15 is 0 Å². The first-order valence-electron chi connectivity index (χ1n) is 12.2. The van der Waals surface area contributed by atoms with Crippen LogP contribution in [-0.4, -0.2) is 23.9 Å². The Labute approximate surface area is 225 Å². The van der Waals surface area contributed by atoms with Gasteiger partial charge in [0.2, 0.25) is 0 Å². The Balaban J connectivity index is 1.47. The predicted molar refractivity (Wildman–Crippen MR) is 150 cm³/mol. The van der Waals surface area contributed by atoms with Crippen molar-refractivity contribution in [2.75, 3.05) is 7.11 Å². The molecule has 7 heteroatoms.